The number of benzene rings is 1. The number of likely N-dealkylation sites (tertiary alicyclic amines) is 1. The topological polar surface area (TPSA) is 148 Å². The molecule has 0 aliphatic carbocycles. The number of anilines is 1. The first-order valence-corrected chi connectivity index (χ1v) is 16.8. The van der Waals surface area contributed by atoms with Gasteiger partial charge in [0.2, 0.25) is 5.56 Å². The number of alkyl halides is 2. The van der Waals surface area contributed by atoms with Gasteiger partial charge in [0.05, 0.1) is 46.0 Å². The Morgan fingerprint density at radius 3 is 2.66 bits per heavy atom. The van der Waals surface area contributed by atoms with E-state index in [1.54, 1.807) is 37.1 Å². The van der Waals surface area contributed by atoms with E-state index in [2.05, 4.69) is 32.9 Å². The summed E-state index contributed by atoms with van der Waals surface area (Å²) in [6.07, 6.45) is 2.64. The Morgan fingerprint density at radius 2 is 1.98 bits per heavy atom. The third-order valence-corrected chi connectivity index (χ3v) is 9.99. The van der Waals surface area contributed by atoms with Crippen molar-refractivity contribution in [3.05, 3.63) is 84.1 Å². The smallest absolute Gasteiger partial charge is 0.338 e. The number of aromatic carboxylic acids is 1. The number of pyridine rings is 2. The molecule has 5 aromatic rings. The Hall–Kier alpha value is -5.15. The number of nitriles is 1. The van der Waals surface area contributed by atoms with E-state index in [0.29, 0.717) is 64.0 Å². The Balaban J connectivity index is 1.34. The molecule has 15 heteroatoms. The second-order valence-corrected chi connectivity index (χ2v) is 13.6. The van der Waals surface area contributed by atoms with Crippen molar-refractivity contribution in [1.82, 2.24) is 24.4 Å². The van der Waals surface area contributed by atoms with Crippen molar-refractivity contribution in [3.63, 3.8) is 0 Å². The number of fused-ring (bicyclic) bond motifs is 2. The van der Waals surface area contributed by atoms with E-state index >= 15 is 0 Å². The van der Waals surface area contributed by atoms with Crippen LogP contribution in [0.25, 0.3) is 32.2 Å². The summed E-state index contributed by atoms with van der Waals surface area (Å²) in [5.74, 6) is 2.80. The highest BCUT2D eigenvalue weighted by Crippen LogP contribution is 2.36. The lowest BCUT2D eigenvalue weighted by Gasteiger charge is -2.38. The summed E-state index contributed by atoms with van der Waals surface area (Å²) in [4.78, 5) is 53.5. The average Bonchev–Trinajstić information content (AvgIpc) is 3.49. The van der Waals surface area contributed by atoms with Crippen LogP contribution in [0.3, 0.4) is 0 Å². The number of aromatic nitrogens is 4. The van der Waals surface area contributed by atoms with Gasteiger partial charge in [0.25, 0.3) is 11.5 Å². The first-order chi connectivity index (χ1) is 23.8. The van der Waals surface area contributed by atoms with Gasteiger partial charge in [0.15, 0.2) is 0 Å². The van der Waals surface area contributed by atoms with Gasteiger partial charge in [-0.3, -0.25) is 19.1 Å². The minimum absolute atomic E-state index is 0.0248. The molecule has 0 amide bonds. The molecule has 256 valence electrons. The second-order valence-electron chi connectivity index (χ2n) is 12.3. The standard InChI is InChI=1S/C35H30ClF2N7O4S/c1-19-41-27-16-40-32(43(3)22-8-11-44(12-9-22)18-35(2,37)38)25(15-39)29(27)33(47)45(19)10-4-5-20-6-7-21(36)13-23(20)24-14-28(46)42-30-26(34(48)49)17-50-31(24)30/h6-7,13-14,16-17,22H,8-12,18H2,1-3H3,(H,42,46)(H,48,49). The summed E-state index contributed by atoms with van der Waals surface area (Å²) in [7, 11) is 1.78. The average molecular weight is 718 g/mol. The number of hydrogen-bond donors (Lipinski definition) is 2. The van der Waals surface area contributed by atoms with Crippen molar-refractivity contribution in [2.75, 3.05) is 31.6 Å². The van der Waals surface area contributed by atoms with Gasteiger partial charge in [-0.05, 0) is 38.0 Å². The molecule has 1 aliphatic rings. The number of carbonyl (C=O) groups is 1. The summed E-state index contributed by atoms with van der Waals surface area (Å²) in [6.45, 7) is 3.10. The summed E-state index contributed by atoms with van der Waals surface area (Å²) >= 11 is 7.51. The summed E-state index contributed by atoms with van der Waals surface area (Å²) in [5.41, 5.74) is 1.02. The van der Waals surface area contributed by atoms with Crippen molar-refractivity contribution >= 4 is 55.8 Å². The van der Waals surface area contributed by atoms with E-state index in [0.717, 1.165) is 6.92 Å². The van der Waals surface area contributed by atoms with Crippen molar-refractivity contribution < 1.29 is 18.7 Å². The maximum absolute atomic E-state index is 14.0. The molecular formula is C35H30ClF2N7O4S. The number of rotatable bonds is 7. The lowest BCUT2D eigenvalue weighted by atomic mass is 10.00. The van der Waals surface area contributed by atoms with Crippen LogP contribution in [-0.4, -0.2) is 74.1 Å². The molecule has 11 nitrogen and oxygen atoms in total. The van der Waals surface area contributed by atoms with Gasteiger partial charge in [0, 0.05) is 66.3 Å². The van der Waals surface area contributed by atoms with Gasteiger partial charge in [0.1, 0.15) is 23.3 Å². The zero-order valence-electron chi connectivity index (χ0n) is 27.2. The number of thiophene rings is 1. The van der Waals surface area contributed by atoms with Crippen molar-refractivity contribution in [2.24, 2.45) is 0 Å². The Labute approximate surface area is 293 Å². The van der Waals surface area contributed by atoms with E-state index in [1.807, 2.05) is 4.90 Å². The fourth-order valence-electron chi connectivity index (χ4n) is 6.35. The highest BCUT2D eigenvalue weighted by molar-refractivity contribution is 7.18. The van der Waals surface area contributed by atoms with Crippen LogP contribution in [0.2, 0.25) is 5.02 Å². The molecule has 1 fully saturated rings. The summed E-state index contributed by atoms with van der Waals surface area (Å²) in [6, 6.07) is 8.40. The van der Waals surface area contributed by atoms with E-state index in [4.69, 9.17) is 11.6 Å². The molecule has 2 N–H and O–H groups in total. The molecule has 0 bridgehead atoms. The van der Waals surface area contributed by atoms with Gasteiger partial charge >= 0.3 is 5.97 Å². The van der Waals surface area contributed by atoms with Gasteiger partial charge in [-0.1, -0.05) is 23.4 Å². The zero-order chi connectivity index (χ0) is 35.9. The fraction of sp³-hybridized carbons (Fsp3) is 0.314. The van der Waals surface area contributed by atoms with E-state index in [9.17, 15) is 33.5 Å². The molecule has 0 saturated carbocycles. The SMILES string of the molecule is Cc1nc2cnc(N(C)C3CCN(CC(C)(F)F)CC3)c(C#N)c2c(=O)n1CC#Cc1ccc(Cl)cc1-c1cc(=O)[nH]c2c(C(=O)O)csc12. The molecule has 4 aromatic heterocycles. The Kier molecular flexibility index (Phi) is 9.46. The first kappa shape index (κ1) is 34.7. The maximum atomic E-state index is 14.0. The molecular weight excluding hydrogens is 688 g/mol. The molecule has 1 aromatic carbocycles. The lowest BCUT2D eigenvalue weighted by Crippen LogP contribution is -2.46. The van der Waals surface area contributed by atoms with E-state index < -0.39 is 23.0 Å². The van der Waals surface area contributed by atoms with Crippen LogP contribution in [0.1, 0.15) is 47.1 Å². The first-order valence-electron chi connectivity index (χ1n) is 15.6. The molecule has 0 spiro atoms. The van der Waals surface area contributed by atoms with Gasteiger partial charge in [-0.25, -0.2) is 23.5 Å². The number of aryl methyl sites for hydroxylation is 1. The number of nitrogens with one attached hydrogen (secondary N) is 1. The van der Waals surface area contributed by atoms with Gasteiger partial charge < -0.3 is 15.0 Å². The van der Waals surface area contributed by atoms with Crippen LogP contribution in [0.5, 0.6) is 0 Å². The van der Waals surface area contributed by atoms with Crippen LogP contribution in [0, 0.1) is 30.1 Å². The number of nitrogens with zero attached hydrogens (tertiary/aromatic N) is 6. The van der Waals surface area contributed by atoms with Gasteiger partial charge in [-0.15, -0.1) is 11.3 Å². The highest BCUT2D eigenvalue weighted by atomic mass is 35.5. The molecule has 1 aliphatic heterocycles. The number of carboxylic acids is 1. The highest BCUT2D eigenvalue weighted by Gasteiger charge is 2.31. The molecule has 0 radical (unpaired) electrons. The Morgan fingerprint density at radius 1 is 1.24 bits per heavy atom. The Bertz CT molecular complexity index is 2390. The minimum atomic E-state index is -2.79. The molecule has 6 rings (SSSR count). The molecule has 5 heterocycles. The third kappa shape index (κ3) is 6.83. The number of carboxylic acid groups (broad SMARTS) is 1. The fourth-order valence-corrected chi connectivity index (χ4v) is 7.56. The van der Waals surface area contributed by atoms with Crippen molar-refractivity contribution in [1.29, 1.82) is 5.26 Å². The largest absolute Gasteiger partial charge is 0.478 e. The van der Waals surface area contributed by atoms with Crippen LogP contribution in [0.4, 0.5) is 14.6 Å². The summed E-state index contributed by atoms with van der Waals surface area (Å²) in [5, 5.41) is 21.8. The predicted molar refractivity (Wildman–Crippen MR) is 188 cm³/mol. The molecule has 0 unspecified atom stereocenters. The third-order valence-electron chi connectivity index (χ3n) is 8.74. The van der Waals surface area contributed by atoms with Gasteiger partial charge in [-0.2, -0.15) is 5.26 Å². The molecule has 0 atom stereocenters. The normalized spacial score (nSPS) is 14.0. The minimum Gasteiger partial charge on any atom is -0.478 e. The van der Waals surface area contributed by atoms with Crippen molar-refractivity contribution in [2.45, 2.75) is 45.2 Å². The van der Waals surface area contributed by atoms with E-state index in [1.165, 1.54) is 33.5 Å². The van der Waals surface area contributed by atoms with E-state index in [-0.39, 0.29) is 46.7 Å². The zero-order valence-corrected chi connectivity index (χ0v) is 28.8. The lowest BCUT2D eigenvalue weighted by molar-refractivity contribution is -0.0198. The molecule has 1 saturated heterocycles. The van der Waals surface area contributed by atoms with Crippen LogP contribution >= 0.6 is 22.9 Å². The number of hydrogen-bond acceptors (Lipinski definition) is 9. The van der Waals surface area contributed by atoms with Crippen molar-refractivity contribution in [3.8, 4) is 29.0 Å². The van der Waals surface area contributed by atoms with Crippen LogP contribution < -0.4 is 16.0 Å². The number of H-pyrrole nitrogens is 1. The second kappa shape index (κ2) is 13.6. The number of halogens is 3. The predicted octanol–water partition coefficient (Wildman–Crippen LogP) is 5.50. The summed E-state index contributed by atoms with van der Waals surface area (Å²) < 4.78 is 29.0. The van der Waals surface area contributed by atoms with Crippen LogP contribution in [-0.2, 0) is 6.54 Å². The molecule has 50 heavy (non-hydrogen) atoms. The maximum Gasteiger partial charge on any atom is 0.338 e. The van der Waals surface area contributed by atoms with Crippen LogP contribution in [0.15, 0.2) is 45.4 Å². The monoisotopic (exact) mass is 717 g/mol. The number of aromatic amines is 1. The number of piperidine rings is 1. The quantitative estimate of drug-likeness (QED) is 0.208.